The molecule has 1 unspecified atom stereocenters. The summed E-state index contributed by atoms with van der Waals surface area (Å²) in [6, 6.07) is 8.38. The van der Waals surface area contributed by atoms with Crippen LogP contribution < -0.4 is 0 Å². The van der Waals surface area contributed by atoms with Crippen molar-refractivity contribution < 1.29 is 9.53 Å². The molecule has 20 heavy (non-hydrogen) atoms. The van der Waals surface area contributed by atoms with Gasteiger partial charge in [0.15, 0.2) is 0 Å². The molecule has 1 aromatic carbocycles. The van der Waals surface area contributed by atoms with Gasteiger partial charge in [0.25, 0.3) is 0 Å². The minimum Gasteiger partial charge on any atom is -0.369 e. The largest absolute Gasteiger partial charge is 0.369 e. The van der Waals surface area contributed by atoms with E-state index in [0.29, 0.717) is 19.6 Å². The molecule has 0 radical (unpaired) electrons. The first-order chi connectivity index (χ1) is 9.44. The molecule has 3 heteroatoms. The molecule has 1 fully saturated rings. The SMILES string of the molecule is CCCC(=O)N1CC(c2ccc(C)cc2)OCC1(C)C. The monoisotopic (exact) mass is 275 g/mol. The van der Waals surface area contributed by atoms with Gasteiger partial charge in [0.1, 0.15) is 6.10 Å². The van der Waals surface area contributed by atoms with Gasteiger partial charge in [0, 0.05) is 6.42 Å². The zero-order valence-corrected chi connectivity index (χ0v) is 13.0. The van der Waals surface area contributed by atoms with E-state index in [-0.39, 0.29) is 17.6 Å². The molecule has 1 aliphatic rings. The van der Waals surface area contributed by atoms with Crippen LogP contribution in [-0.4, -0.2) is 29.5 Å². The Morgan fingerprint density at radius 3 is 2.60 bits per heavy atom. The first-order valence-corrected chi connectivity index (χ1v) is 7.42. The van der Waals surface area contributed by atoms with E-state index in [2.05, 4.69) is 45.0 Å². The van der Waals surface area contributed by atoms with E-state index in [9.17, 15) is 4.79 Å². The highest BCUT2D eigenvalue weighted by molar-refractivity contribution is 5.77. The van der Waals surface area contributed by atoms with Crippen LogP contribution in [0.1, 0.15) is 50.8 Å². The van der Waals surface area contributed by atoms with Gasteiger partial charge in [-0.25, -0.2) is 0 Å². The minimum atomic E-state index is -0.215. The van der Waals surface area contributed by atoms with Crippen molar-refractivity contribution in [1.29, 1.82) is 0 Å². The van der Waals surface area contributed by atoms with Gasteiger partial charge in [-0.2, -0.15) is 0 Å². The molecular weight excluding hydrogens is 250 g/mol. The van der Waals surface area contributed by atoms with Crippen molar-refractivity contribution in [2.24, 2.45) is 0 Å². The van der Waals surface area contributed by atoms with E-state index in [1.807, 2.05) is 11.8 Å². The fourth-order valence-electron chi connectivity index (χ4n) is 2.62. The van der Waals surface area contributed by atoms with E-state index in [1.165, 1.54) is 5.56 Å². The van der Waals surface area contributed by atoms with Crippen LogP contribution in [0.2, 0.25) is 0 Å². The number of hydrogen-bond acceptors (Lipinski definition) is 2. The number of morpholine rings is 1. The van der Waals surface area contributed by atoms with Crippen molar-refractivity contribution in [2.75, 3.05) is 13.2 Å². The Labute approximate surface area is 121 Å². The maximum atomic E-state index is 12.3. The molecule has 1 saturated heterocycles. The maximum absolute atomic E-state index is 12.3. The Morgan fingerprint density at radius 1 is 1.35 bits per heavy atom. The Hall–Kier alpha value is -1.35. The molecule has 0 saturated carbocycles. The first kappa shape index (κ1) is 15.0. The van der Waals surface area contributed by atoms with Crippen molar-refractivity contribution in [3.63, 3.8) is 0 Å². The summed E-state index contributed by atoms with van der Waals surface area (Å²) in [6.07, 6.45) is 1.50. The average Bonchev–Trinajstić information content (AvgIpc) is 2.40. The number of ether oxygens (including phenoxy) is 1. The highest BCUT2D eigenvalue weighted by atomic mass is 16.5. The van der Waals surface area contributed by atoms with Crippen LogP contribution in [0.15, 0.2) is 24.3 Å². The zero-order valence-electron chi connectivity index (χ0n) is 13.0. The summed E-state index contributed by atoms with van der Waals surface area (Å²) in [5.41, 5.74) is 2.18. The Kier molecular flexibility index (Phi) is 4.48. The van der Waals surface area contributed by atoms with Crippen molar-refractivity contribution in [1.82, 2.24) is 4.90 Å². The van der Waals surface area contributed by atoms with Gasteiger partial charge in [0.05, 0.1) is 18.7 Å². The molecule has 1 heterocycles. The number of benzene rings is 1. The minimum absolute atomic E-state index is 0.00979. The van der Waals surface area contributed by atoms with Crippen molar-refractivity contribution in [3.8, 4) is 0 Å². The van der Waals surface area contributed by atoms with Crippen molar-refractivity contribution in [3.05, 3.63) is 35.4 Å². The lowest BCUT2D eigenvalue weighted by Crippen LogP contribution is -2.56. The fraction of sp³-hybridized carbons (Fsp3) is 0.588. The smallest absolute Gasteiger partial charge is 0.223 e. The number of aryl methyl sites for hydroxylation is 1. The van der Waals surface area contributed by atoms with Gasteiger partial charge in [-0.1, -0.05) is 36.8 Å². The zero-order chi connectivity index (χ0) is 14.8. The standard InChI is InChI=1S/C17H25NO2/c1-5-6-16(19)18-11-15(20-12-17(18,3)4)14-9-7-13(2)8-10-14/h7-10,15H,5-6,11-12H2,1-4H3. The molecule has 0 aromatic heterocycles. The van der Waals surface area contributed by atoms with Crippen LogP contribution >= 0.6 is 0 Å². The van der Waals surface area contributed by atoms with Gasteiger partial charge < -0.3 is 9.64 Å². The van der Waals surface area contributed by atoms with Crippen molar-refractivity contribution in [2.45, 2.75) is 52.2 Å². The third-order valence-electron chi connectivity index (χ3n) is 3.93. The first-order valence-electron chi connectivity index (χ1n) is 7.42. The summed E-state index contributed by atoms with van der Waals surface area (Å²) in [7, 11) is 0. The fourth-order valence-corrected chi connectivity index (χ4v) is 2.62. The van der Waals surface area contributed by atoms with Crippen LogP contribution in [0.3, 0.4) is 0 Å². The second kappa shape index (κ2) is 5.96. The van der Waals surface area contributed by atoms with Gasteiger partial charge in [0.2, 0.25) is 5.91 Å². The number of hydrogen-bond donors (Lipinski definition) is 0. The van der Waals surface area contributed by atoms with E-state index >= 15 is 0 Å². The highest BCUT2D eigenvalue weighted by Gasteiger charge is 2.37. The molecule has 1 aromatic rings. The third kappa shape index (κ3) is 3.21. The molecule has 1 aliphatic heterocycles. The predicted octanol–water partition coefficient (Wildman–Crippen LogP) is 3.47. The van der Waals surface area contributed by atoms with Gasteiger partial charge in [-0.15, -0.1) is 0 Å². The van der Waals surface area contributed by atoms with Crippen LogP contribution in [0.25, 0.3) is 0 Å². The molecule has 0 spiro atoms. The molecule has 2 rings (SSSR count). The van der Waals surface area contributed by atoms with Gasteiger partial charge in [-0.05, 0) is 32.8 Å². The number of rotatable bonds is 3. The highest BCUT2D eigenvalue weighted by Crippen LogP contribution is 2.31. The van der Waals surface area contributed by atoms with E-state index < -0.39 is 0 Å². The van der Waals surface area contributed by atoms with Crippen LogP contribution in [-0.2, 0) is 9.53 Å². The quantitative estimate of drug-likeness (QED) is 0.845. The molecule has 1 amide bonds. The topological polar surface area (TPSA) is 29.5 Å². The molecule has 0 N–H and O–H groups in total. The van der Waals surface area contributed by atoms with Crippen LogP contribution in [0.5, 0.6) is 0 Å². The Bertz CT molecular complexity index is 464. The summed E-state index contributed by atoms with van der Waals surface area (Å²) in [4.78, 5) is 14.3. The van der Waals surface area contributed by atoms with Gasteiger partial charge >= 0.3 is 0 Å². The molecule has 0 aliphatic carbocycles. The molecule has 110 valence electrons. The summed E-state index contributed by atoms with van der Waals surface area (Å²) < 4.78 is 5.98. The summed E-state index contributed by atoms with van der Waals surface area (Å²) in [5.74, 6) is 0.234. The molecule has 0 bridgehead atoms. The van der Waals surface area contributed by atoms with Crippen LogP contribution in [0, 0.1) is 6.92 Å². The van der Waals surface area contributed by atoms with E-state index in [1.54, 1.807) is 0 Å². The third-order valence-corrected chi connectivity index (χ3v) is 3.93. The predicted molar refractivity (Wildman–Crippen MR) is 80.6 cm³/mol. The van der Waals surface area contributed by atoms with Crippen molar-refractivity contribution >= 4 is 5.91 Å². The Morgan fingerprint density at radius 2 is 2.00 bits per heavy atom. The second-order valence-electron chi connectivity index (χ2n) is 6.28. The van der Waals surface area contributed by atoms with Crippen LogP contribution in [0.4, 0.5) is 0 Å². The molecule has 1 atom stereocenters. The summed E-state index contributed by atoms with van der Waals surface area (Å²) >= 11 is 0. The number of amides is 1. The molecule has 3 nitrogen and oxygen atoms in total. The Balaban J connectivity index is 2.15. The molecular formula is C17H25NO2. The van der Waals surface area contributed by atoms with E-state index in [4.69, 9.17) is 4.74 Å². The summed E-state index contributed by atoms with van der Waals surface area (Å²) in [6.45, 7) is 9.50. The number of carbonyl (C=O) groups is 1. The number of nitrogens with zero attached hydrogens (tertiary/aromatic N) is 1. The maximum Gasteiger partial charge on any atom is 0.223 e. The van der Waals surface area contributed by atoms with E-state index in [0.717, 1.165) is 12.0 Å². The lowest BCUT2D eigenvalue weighted by molar-refractivity contribution is -0.154. The van der Waals surface area contributed by atoms with Gasteiger partial charge in [-0.3, -0.25) is 4.79 Å². The second-order valence-corrected chi connectivity index (χ2v) is 6.28. The normalized spacial score (nSPS) is 21.8. The average molecular weight is 275 g/mol. The lowest BCUT2D eigenvalue weighted by Gasteiger charge is -2.45. The lowest BCUT2D eigenvalue weighted by atomic mass is 9.97. The summed E-state index contributed by atoms with van der Waals surface area (Å²) in [5, 5.41) is 0. The number of carbonyl (C=O) groups excluding carboxylic acids is 1.